The number of hydrogen-bond donors (Lipinski definition) is 1. The van der Waals surface area contributed by atoms with Gasteiger partial charge in [-0.05, 0) is 67.8 Å². The van der Waals surface area contributed by atoms with E-state index in [1.54, 1.807) is 14.0 Å². The molecule has 0 aliphatic rings. The summed E-state index contributed by atoms with van der Waals surface area (Å²) in [7, 11) is 3.60. The van der Waals surface area contributed by atoms with Crippen molar-refractivity contribution in [3.8, 4) is 5.75 Å². The third-order valence-electron chi connectivity index (χ3n) is 3.90. The minimum Gasteiger partial charge on any atom is -0.496 e. The van der Waals surface area contributed by atoms with Crippen molar-refractivity contribution in [3.63, 3.8) is 0 Å². The van der Waals surface area contributed by atoms with E-state index in [0.717, 1.165) is 22.4 Å². The van der Waals surface area contributed by atoms with E-state index in [2.05, 4.69) is 18.3 Å². The lowest BCUT2D eigenvalue weighted by Crippen LogP contribution is -2.19. The van der Waals surface area contributed by atoms with Crippen LogP contribution in [-0.2, 0) is 0 Å². The van der Waals surface area contributed by atoms with Crippen LogP contribution in [-0.4, -0.2) is 14.2 Å². The maximum atomic E-state index is 13.5. The largest absolute Gasteiger partial charge is 0.496 e. The van der Waals surface area contributed by atoms with Gasteiger partial charge in [0.25, 0.3) is 0 Å². The van der Waals surface area contributed by atoms with Crippen molar-refractivity contribution in [1.29, 1.82) is 0 Å². The molecule has 0 bridgehead atoms. The van der Waals surface area contributed by atoms with Gasteiger partial charge in [0.05, 0.1) is 13.2 Å². The van der Waals surface area contributed by atoms with Crippen molar-refractivity contribution in [2.75, 3.05) is 14.2 Å². The highest BCUT2D eigenvalue weighted by atomic mass is 19.1. The molecule has 0 amide bonds. The van der Waals surface area contributed by atoms with Crippen LogP contribution in [0.25, 0.3) is 0 Å². The highest BCUT2D eigenvalue weighted by Crippen LogP contribution is 2.30. The minimum atomic E-state index is -0.170. The molecule has 0 spiro atoms. The number of ether oxygens (including phenoxy) is 1. The van der Waals surface area contributed by atoms with Gasteiger partial charge in [-0.25, -0.2) is 4.39 Å². The fraction of sp³-hybridized carbons (Fsp3) is 0.333. The summed E-state index contributed by atoms with van der Waals surface area (Å²) in [5, 5.41) is 3.32. The Labute approximate surface area is 126 Å². The highest BCUT2D eigenvalue weighted by molar-refractivity contribution is 5.46. The normalized spacial score (nSPS) is 12.3. The molecule has 112 valence electrons. The lowest BCUT2D eigenvalue weighted by atomic mass is 9.92. The third kappa shape index (κ3) is 3.08. The Hall–Kier alpha value is -1.87. The average Bonchev–Trinajstić information content (AvgIpc) is 2.46. The molecule has 2 aromatic rings. The fourth-order valence-electron chi connectivity index (χ4n) is 2.69. The average molecular weight is 287 g/mol. The molecule has 3 heteroatoms. The highest BCUT2D eigenvalue weighted by Gasteiger charge is 2.17. The second-order valence-corrected chi connectivity index (χ2v) is 5.41. The molecule has 0 saturated heterocycles. The Morgan fingerprint density at radius 2 is 1.71 bits per heavy atom. The Balaban J connectivity index is 2.50. The second-order valence-electron chi connectivity index (χ2n) is 5.41. The molecule has 0 aliphatic carbocycles. The summed E-state index contributed by atoms with van der Waals surface area (Å²) < 4.78 is 18.8. The van der Waals surface area contributed by atoms with Gasteiger partial charge < -0.3 is 10.1 Å². The summed E-state index contributed by atoms with van der Waals surface area (Å²) in [6.07, 6.45) is 0. The second kappa shape index (κ2) is 6.27. The molecule has 1 unspecified atom stereocenters. The summed E-state index contributed by atoms with van der Waals surface area (Å²) in [4.78, 5) is 0. The zero-order chi connectivity index (χ0) is 15.6. The van der Waals surface area contributed by atoms with Crippen molar-refractivity contribution >= 4 is 0 Å². The number of hydrogen-bond acceptors (Lipinski definition) is 2. The van der Waals surface area contributed by atoms with Gasteiger partial charge in [-0.3, -0.25) is 0 Å². The Bertz CT molecular complexity index is 652. The van der Waals surface area contributed by atoms with Crippen LogP contribution < -0.4 is 10.1 Å². The summed E-state index contributed by atoms with van der Waals surface area (Å²) in [5.41, 5.74) is 5.15. The zero-order valence-corrected chi connectivity index (χ0v) is 13.3. The molecule has 1 N–H and O–H groups in total. The monoisotopic (exact) mass is 287 g/mol. The van der Waals surface area contributed by atoms with Crippen molar-refractivity contribution < 1.29 is 9.13 Å². The molecule has 2 rings (SSSR count). The van der Waals surface area contributed by atoms with E-state index in [9.17, 15) is 4.39 Å². The number of benzene rings is 2. The van der Waals surface area contributed by atoms with Gasteiger partial charge in [0.2, 0.25) is 0 Å². The van der Waals surface area contributed by atoms with Gasteiger partial charge >= 0.3 is 0 Å². The standard InChI is InChI=1S/C18H22FNO/c1-11-10-17(21-5)13(3)9-15(11)18(20-4)14-6-7-16(19)12(2)8-14/h6-10,18,20H,1-5H3. The third-order valence-corrected chi connectivity index (χ3v) is 3.90. The number of nitrogens with one attached hydrogen (secondary N) is 1. The van der Waals surface area contributed by atoms with Crippen molar-refractivity contribution in [3.05, 3.63) is 64.0 Å². The molecule has 1 atom stereocenters. The number of halogens is 1. The van der Waals surface area contributed by atoms with Crippen LogP contribution in [0, 0.1) is 26.6 Å². The molecule has 0 aliphatic heterocycles. The van der Waals surface area contributed by atoms with E-state index >= 15 is 0 Å². The van der Waals surface area contributed by atoms with E-state index < -0.39 is 0 Å². The van der Waals surface area contributed by atoms with Gasteiger partial charge in [-0.15, -0.1) is 0 Å². The van der Waals surface area contributed by atoms with E-state index in [1.807, 2.05) is 32.2 Å². The van der Waals surface area contributed by atoms with Crippen molar-refractivity contribution in [1.82, 2.24) is 5.32 Å². The molecule has 0 radical (unpaired) electrons. The summed E-state index contributed by atoms with van der Waals surface area (Å²) >= 11 is 0. The van der Waals surface area contributed by atoms with E-state index in [-0.39, 0.29) is 11.9 Å². The van der Waals surface area contributed by atoms with Gasteiger partial charge in [-0.2, -0.15) is 0 Å². The predicted molar refractivity (Wildman–Crippen MR) is 84.5 cm³/mol. The summed E-state index contributed by atoms with van der Waals surface area (Å²) in [6, 6.07) is 9.48. The first-order valence-electron chi connectivity index (χ1n) is 7.06. The molecular formula is C18H22FNO. The number of methoxy groups -OCH3 is 1. The SMILES string of the molecule is CNC(c1ccc(F)c(C)c1)c1cc(C)c(OC)cc1C. The Kier molecular flexibility index (Phi) is 4.63. The summed E-state index contributed by atoms with van der Waals surface area (Å²) in [6.45, 7) is 5.89. The van der Waals surface area contributed by atoms with Crippen LogP contribution in [0.1, 0.15) is 33.9 Å². The van der Waals surface area contributed by atoms with E-state index in [4.69, 9.17) is 4.74 Å². The van der Waals surface area contributed by atoms with Crippen LogP contribution in [0.2, 0.25) is 0 Å². The maximum Gasteiger partial charge on any atom is 0.126 e. The first-order valence-corrected chi connectivity index (χ1v) is 7.06. The van der Waals surface area contributed by atoms with Crippen LogP contribution in [0.15, 0.2) is 30.3 Å². The molecular weight excluding hydrogens is 265 g/mol. The summed E-state index contributed by atoms with van der Waals surface area (Å²) in [5.74, 6) is 0.720. The molecule has 0 heterocycles. The maximum absolute atomic E-state index is 13.5. The number of rotatable bonds is 4. The molecule has 2 aromatic carbocycles. The zero-order valence-electron chi connectivity index (χ0n) is 13.3. The lowest BCUT2D eigenvalue weighted by molar-refractivity contribution is 0.411. The Morgan fingerprint density at radius 3 is 2.29 bits per heavy atom. The molecule has 0 aromatic heterocycles. The first kappa shape index (κ1) is 15.5. The van der Waals surface area contributed by atoms with Gasteiger partial charge in [0.15, 0.2) is 0 Å². The van der Waals surface area contributed by atoms with Gasteiger partial charge in [0.1, 0.15) is 11.6 Å². The van der Waals surface area contributed by atoms with Crippen molar-refractivity contribution in [2.45, 2.75) is 26.8 Å². The Morgan fingerprint density at radius 1 is 1.00 bits per heavy atom. The smallest absolute Gasteiger partial charge is 0.126 e. The molecule has 0 fully saturated rings. The van der Waals surface area contributed by atoms with E-state index in [0.29, 0.717) is 5.56 Å². The van der Waals surface area contributed by atoms with Crippen LogP contribution in [0.4, 0.5) is 4.39 Å². The van der Waals surface area contributed by atoms with Crippen LogP contribution >= 0.6 is 0 Å². The lowest BCUT2D eigenvalue weighted by Gasteiger charge is -2.21. The molecule has 0 saturated carbocycles. The molecule has 2 nitrogen and oxygen atoms in total. The topological polar surface area (TPSA) is 21.3 Å². The fourth-order valence-corrected chi connectivity index (χ4v) is 2.69. The van der Waals surface area contributed by atoms with Gasteiger partial charge in [0, 0.05) is 0 Å². The van der Waals surface area contributed by atoms with Crippen LogP contribution in [0.5, 0.6) is 5.75 Å². The number of aryl methyl sites for hydroxylation is 3. The van der Waals surface area contributed by atoms with E-state index in [1.165, 1.54) is 11.6 Å². The van der Waals surface area contributed by atoms with Crippen LogP contribution in [0.3, 0.4) is 0 Å². The predicted octanol–water partition coefficient (Wildman–Crippen LogP) is 4.07. The minimum absolute atomic E-state index is 0.0360. The van der Waals surface area contributed by atoms with Gasteiger partial charge in [-0.1, -0.05) is 18.2 Å². The molecule has 21 heavy (non-hydrogen) atoms. The van der Waals surface area contributed by atoms with Crippen molar-refractivity contribution in [2.24, 2.45) is 0 Å². The quantitative estimate of drug-likeness (QED) is 0.915. The first-order chi connectivity index (χ1) is 9.97.